The number of carbonyl (C=O) groups is 1. The first-order chi connectivity index (χ1) is 15.5. The molecule has 1 aromatic heterocycles. The van der Waals surface area contributed by atoms with Gasteiger partial charge in [0, 0.05) is 13.1 Å². The van der Waals surface area contributed by atoms with Crippen molar-refractivity contribution in [2.45, 2.75) is 30.3 Å². The lowest BCUT2D eigenvalue weighted by atomic mass is 10.1. The molecule has 32 heavy (non-hydrogen) atoms. The summed E-state index contributed by atoms with van der Waals surface area (Å²) >= 11 is 1.36. The van der Waals surface area contributed by atoms with E-state index >= 15 is 0 Å². The van der Waals surface area contributed by atoms with Crippen molar-refractivity contribution in [2.24, 2.45) is 0 Å². The predicted molar refractivity (Wildman–Crippen MR) is 123 cm³/mol. The minimum atomic E-state index is -0.401. The third-order valence-electron chi connectivity index (χ3n) is 5.30. The van der Waals surface area contributed by atoms with Crippen LogP contribution in [0.25, 0.3) is 5.69 Å². The lowest BCUT2D eigenvalue weighted by Crippen LogP contribution is -2.38. The highest BCUT2D eigenvalue weighted by molar-refractivity contribution is 8.00. The molecule has 168 valence electrons. The Labute approximate surface area is 191 Å². The molecule has 1 amide bonds. The Hall–Kier alpha value is -2.91. The fourth-order valence-electron chi connectivity index (χ4n) is 3.49. The molecule has 1 saturated heterocycles. The number of carbonyl (C=O) groups excluding carboxylic acids is 1. The van der Waals surface area contributed by atoms with Crippen LogP contribution in [0.1, 0.15) is 25.5 Å². The maximum Gasteiger partial charge on any atom is 0.233 e. The van der Waals surface area contributed by atoms with Crippen molar-refractivity contribution in [3.8, 4) is 5.69 Å². The Bertz CT molecular complexity index is 1040. The lowest BCUT2D eigenvalue weighted by molar-refractivity contribution is -0.120. The molecule has 0 bridgehead atoms. The van der Waals surface area contributed by atoms with Crippen LogP contribution in [0.15, 0.2) is 59.8 Å². The molecular weight excluding hydrogens is 429 g/mol. The molecule has 7 nitrogen and oxygen atoms in total. The fraction of sp³-hybridized carbons (Fsp3) is 0.348. The summed E-state index contributed by atoms with van der Waals surface area (Å²) in [6.07, 6.45) is 0. The highest BCUT2D eigenvalue weighted by Crippen LogP contribution is 2.30. The van der Waals surface area contributed by atoms with Crippen LogP contribution < -0.4 is 10.2 Å². The van der Waals surface area contributed by atoms with E-state index in [1.165, 1.54) is 23.9 Å². The summed E-state index contributed by atoms with van der Waals surface area (Å²) < 4.78 is 20.6. The zero-order valence-electron chi connectivity index (χ0n) is 18.1. The van der Waals surface area contributed by atoms with Gasteiger partial charge in [0.25, 0.3) is 0 Å². The average molecular weight is 456 g/mol. The number of aromatic nitrogens is 3. The van der Waals surface area contributed by atoms with Gasteiger partial charge in [-0.1, -0.05) is 42.1 Å². The molecule has 2 aromatic carbocycles. The van der Waals surface area contributed by atoms with Gasteiger partial charge in [-0.25, -0.2) is 4.39 Å². The Morgan fingerprint density at radius 3 is 2.44 bits per heavy atom. The number of thioether (sulfide) groups is 1. The third kappa shape index (κ3) is 5.11. The van der Waals surface area contributed by atoms with Crippen LogP contribution in [0.2, 0.25) is 0 Å². The summed E-state index contributed by atoms with van der Waals surface area (Å²) in [5.74, 6) is 0.323. The monoisotopic (exact) mass is 455 g/mol. The van der Waals surface area contributed by atoms with E-state index in [-0.39, 0.29) is 17.8 Å². The molecule has 1 fully saturated rings. The lowest BCUT2D eigenvalue weighted by Gasteiger charge is -2.28. The zero-order chi connectivity index (χ0) is 22.5. The van der Waals surface area contributed by atoms with Crippen LogP contribution in [0.5, 0.6) is 0 Å². The highest BCUT2D eigenvalue weighted by Gasteiger charge is 2.25. The number of halogens is 1. The number of benzene rings is 2. The standard InChI is InChI=1S/C23H26FN5O2S/c1-16(18-8-10-19(24)11-9-18)25-21(30)17(2)32-23-27-26-22(28-12-14-31-15-13-28)29(23)20-6-4-3-5-7-20/h3-11,16-17H,12-15H2,1-2H3,(H,25,30)/t16-,17-/m0/s1. The van der Waals surface area contributed by atoms with E-state index in [0.717, 1.165) is 30.3 Å². The van der Waals surface area contributed by atoms with Gasteiger partial charge >= 0.3 is 0 Å². The van der Waals surface area contributed by atoms with Crippen LogP contribution >= 0.6 is 11.8 Å². The first kappa shape index (κ1) is 22.3. The first-order valence-corrected chi connectivity index (χ1v) is 11.5. The van der Waals surface area contributed by atoms with E-state index in [1.807, 2.05) is 48.7 Å². The number of amides is 1. The zero-order valence-corrected chi connectivity index (χ0v) is 18.9. The fourth-order valence-corrected chi connectivity index (χ4v) is 4.36. The van der Waals surface area contributed by atoms with Crippen LogP contribution in [0.3, 0.4) is 0 Å². The second-order valence-corrected chi connectivity index (χ2v) is 8.90. The Morgan fingerprint density at radius 2 is 1.75 bits per heavy atom. The quantitative estimate of drug-likeness (QED) is 0.549. The molecule has 0 radical (unpaired) electrons. The van der Waals surface area contributed by atoms with E-state index < -0.39 is 5.25 Å². The molecule has 1 aliphatic heterocycles. The van der Waals surface area contributed by atoms with Gasteiger partial charge in [-0.15, -0.1) is 10.2 Å². The van der Waals surface area contributed by atoms with Crippen LogP contribution in [-0.2, 0) is 9.53 Å². The number of para-hydroxylation sites is 1. The molecule has 2 heterocycles. The third-order valence-corrected chi connectivity index (χ3v) is 6.35. The Balaban J connectivity index is 1.52. The smallest absolute Gasteiger partial charge is 0.233 e. The van der Waals surface area contributed by atoms with Crippen molar-refractivity contribution in [3.63, 3.8) is 0 Å². The number of rotatable bonds is 7. The van der Waals surface area contributed by atoms with Crippen molar-refractivity contribution in [1.29, 1.82) is 0 Å². The molecule has 0 unspecified atom stereocenters. The maximum atomic E-state index is 13.2. The molecule has 1 aliphatic rings. The summed E-state index contributed by atoms with van der Waals surface area (Å²) in [7, 11) is 0. The maximum absolute atomic E-state index is 13.2. The molecule has 0 spiro atoms. The molecule has 9 heteroatoms. The number of hydrogen-bond donors (Lipinski definition) is 1. The van der Waals surface area contributed by atoms with Gasteiger partial charge < -0.3 is 15.0 Å². The van der Waals surface area contributed by atoms with Crippen molar-refractivity contribution >= 4 is 23.6 Å². The SMILES string of the molecule is C[C@H](Sc1nnc(N2CCOCC2)n1-c1ccccc1)C(=O)N[C@@H](C)c1ccc(F)cc1. The Morgan fingerprint density at radius 1 is 1.06 bits per heavy atom. The molecule has 0 saturated carbocycles. The topological polar surface area (TPSA) is 72.3 Å². The minimum absolute atomic E-state index is 0.123. The van der Waals surface area contributed by atoms with Gasteiger partial charge in [-0.3, -0.25) is 9.36 Å². The number of nitrogens with zero attached hydrogens (tertiary/aromatic N) is 4. The van der Waals surface area contributed by atoms with E-state index in [2.05, 4.69) is 20.4 Å². The molecule has 0 aliphatic carbocycles. The number of anilines is 1. The number of morpholine rings is 1. The van der Waals surface area contributed by atoms with Crippen molar-refractivity contribution in [3.05, 3.63) is 66.0 Å². The minimum Gasteiger partial charge on any atom is -0.378 e. The number of ether oxygens (including phenoxy) is 1. The van der Waals surface area contributed by atoms with Crippen LogP contribution in [0, 0.1) is 5.82 Å². The van der Waals surface area contributed by atoms with E-state index in [4.69, 9.17) is 4.74 Å². The molecule has 3 aromatic rings. The van der Waals surface area contributed by atoms with Gasteiger partial charge in [0.05, 0.1) is 30.2 Å². The van der Waals surface area contributed by atoms with E-state index in [9.17, 15) is 9.18 Å². The summed E-state index contributed by atoms with van der Waals surface area (Å²) in [4.78, 5) is 15.0. The average Bonchev–Trinajstić information content (AvgIpc) is 3.24. The molecular formula is C23H26FN5O2S. The normalized spacial score (nSPS) is 15.9. The molecule has 1 N–H and O–H groups in total. The largest absolute Gasteiger partial charge is 0.378 e. The van der Waals surface area contributed by atoms with Gasteiger partial charge in [0.15, 0.2) is 5.16 Å². The van der Waals surface area contributed by atoms with Crippen molar-refractivity contribution in [2.75, 3.05) is 31.2 Å². The van der Waals surface area contributed by atoms with Crippen molar-refractivity contribution < 1.29 is 13.9 Å². The summed E-state index contributed by atoms with van der Waals surface area (Å²) in [6.45, 7) is 6.48. The summed E-state index contributed by atoms with van der Waals surface area (Å²) in [5, 5.41) is 12.1. The van der Waals surface area contributed by atoms with Crippen LogP contribution in [0.4, 0.5) is 10.3 Å². The van der Waals surface area contributed by atoms with E-state index in [0.29, 0.717) is 18.4 Å². The molecule has 2 atom stereocenters. The van der Waals surface area contributed by atoms with Gasteiger partial charge in [0.2, 0.25) is 11.9 Å². The first-order valence-electron chi connectivity index (χ1n) is 10.6. The Kier molecular flexibility index (Phi) is 7.06. The van der Waals surface area contributed by atoms with Gasteiger partial charge in [-0.2, -0.15) is 0 Å². The van der Waals surface area contributed by atoms with Crippen molar-refractivity contribution in [1.82, 2.24) is 20.1 Å². The van der Waals surface area contributed by atoms with E-state index in [1.54, 1.807) is 12.1 Å². The van der Waals surface area contributed by atoms with Gasteiger partial charge in [0.1, 0.15) is 5.82 Å². The van der Waals surface area contributed by atoms with Crippen LogP contribution in [-0.4, -0.2) is 52.2 Å². The second kappa shape index (κ2) is 10.1. The second-order valence-electron chi connectivity index (χ2n) is 7.59. The highest BCUT2D eigenvalue weighted by atomic mass is 32.2. The summed E-state index contributed by atoms with van der Waals surface area (Å²) in [6, 6.07) is 15.8. The number of nitrogens with one attached hydrogen (secondary N) is 1. The molecule has 4 rings (SSSR count). The number of hydrogen-bond acceptors (Lipinski definition) is 6. The predicted octanol–water partition coefficient (Wildman–Crippen LogP) is 3.60. The summed E-state index contributed by atoms with van der Waals surface area (Å²) in [5.41, 5.74) is 1.78. The van der Waals surface area contributed by atoms with Gasteiger partial charge in [-0.05, 0) is 43.7 Å².